The highest BCUT2D eigenvalue weighted by Crippen LogP contribution is 2.20. The number of amides is 1. The van der Waals surface area contributed by atoms with E-state index in [1.54, 1.807) is 42.7 Å². The quantitative estimate of drug-likeness (QED) is 0.406. The summed E-state index contributed by atoms with van der Waals surface area (Å²) in [6.07, 6.45) is 3.20. The van der Waals surface area contributed by atoms with Crippen LogP contribution >= 0.6 is 0 Å². The summed E-state index contributed by atoms with van der Waals surface area (Å²) in [5, 5.41) is 6.24. The van der Waals surface area contributed by atoms with Crippen LogP contribution in [0.15, 0.2) is 77.6 Å². The molecule has 0 saturated heterocycles. The Morgan fingerprint density at radius 3 is 2.67 bits per heavy atom. The molecule has 0 bridgehead atoms. The molecule has 0 spiro atoms. The van der Waals surface area contributed by atoms with E-state index in [0.29, 0.717) is 11.4 Å². The van der Waals surface area contributed by atoms with Gasteiger partial charge in [0, 0.05) is 18.0 Å². The van der Waals surface area contributed by atoms with Crippen molar-refractivity contribution >= 4 is 17.6 Å². The molecule has 2 heterocycles. The highest BCUT2D eigenvalue weighted by atomic mass is 19.1. The Morgan fingerprint density at radius 1 is 1.03 bits per heavy atom. The molecule has 1 amide bonds. The Morgan fingerprint density at radius 2 is 1.85 bits per heavy atom. The van der Waals surface area contributed by atoms with E-state index in [-0.39, 0.29) is 29.5 Å². The third-order valence-corrected chi connectivity index (χ3v) is 4.33. The van der Waals surface area contributed by atoms with Crippen molar-refractivity contribution in [1.29, 1.82) is 0 Å². The second kappa shape index (κ2) is 10.1. The number of hydrogen-bond acceptors (Lipinski definition) is 8. The molecule has 0 fully saturated rings. The van der Waals surface area contributed by atoms with Gasteiger partial charge < -0.3 is 19.3 Å². The average molecular weight is 448 g/mol. The monoisotopic (exact) mass is 448 g/mol. The molecular formula is C23H17FN4O5. The van der Waals surface area contributed by atoms with Crippen molar-refractivity contribution in [3.8, 4) is 17.1 Å². The fourth-order valence-electron chi connectivity index (χ4n) is 2.78. The van der Waals surface area contributed by atoms with E-state index < -0.39 is 24.3 Å². The second-order valence-electron chi connectivity index (χ2n) is 6.64. The van der Waals surface area contributed by atoms with Crippen molar-refractivity contribution in [3.05, 3.63) is 90.3 Å². The normalized spacial score (nSPS) is 10.5. The number of pyridine rings is 1. The Labute approximate surface area is 187 Å². The third kappa shape index (κ3) is 5.56. The first-order valence-electron chi connectivity index (χ1n) is 9.76. The Kier molecular flexibility index (Phi) is 6.64. The molecule has 4 rings (SSSR count). The molecule has 0 aliphatic rings. The predicted octanol–water partition coefficient (Wildman–Crippen LogP) is 3.65. The highest BCUT2D eigenvalue weighted by molar-refractivity contribution is 5.94. The van der Waals surface area contributed by atoms with Crippen LogP contribution in [0, 0.1) is 5.82 Å². The zero-order valence-electron chi connectivity index (χ0n) is 17.1. The van der Waals surface area contributed by atoms with Gasteiger partial charge >= 0.3 is 5.97 Å². The lowest BCUT2D eigenvalue weighted by molar-refractivity contribution is -0.118. The van der Waals surface area contributed by atoms with Gasteiger partial charge in [0.15, 0.2) is 13.2 Å². The molecule has 10 heteroatoms. The van der Waals surface area contributed by atoms with Gasteiger partial charge in [-0.05, 0) is 36.4 Å². The van der Waals surface area contributed by atoms with Crippen LogP contribution in [0.4, 0.5) is 10.1 Å². The molecule has 0 saturated carbocycles. The topological polar surface area (TPSA) is 116 Å². The number of carbonyl (C=O) groups is 2. The maximum Gasteiger partial charge on any atom is 0.342 e. The van der Waals surface area contributed by atoms with E-state index in [2.05, 4.69) is 20.4 Å². The largest absolute Gasteiger partial charge is 0.483 e. The van der Waals surface area contributed by atoms with Crippen LogP contribution in [0.25, 0.3) is 11.4 Å². The van der Waals surface area contributed by atoms with Crippen molar-refractivity contribution in [3.63, 3.8) is 0 Å². The summed E-state index contributed by atoms with van der Waals surface area (Å²) in [4.78, 5) is 32.8. The van der Waals surface area contributed by atoms with Crippen molar-refractivity contribution in [2.75, 3.05) is 11.9 Å². The summed E-state index contributed by atoms with van der Waals surface area (Å²) in [5.41, 5.74) is 0.790. The van der Waals surface area contributed by atoms with Crippen LogP contribution < -0.4 is 10.1 Å². The first-order chi connectivity index (χ1) is 16.1. The molecule has 2 aromatic carbocycles. The van der Waals surface area contributed by atoms with Crippen molar-refractivity contribution in [2.24, 2.45) is 0 Å². The molecule has 1 N–H and O–H groups in total. The van der Waals surface area contributed by atoms with Gasteiger partial charge in [0.05, 0.1) is 5.69 Å². The van der Waals surface area contributed by atoms with Gasteiger partial charge in [-0.25, -0.2) is 9.18 Å². The number of carbonyl (C=O) groups excluding carboxylic acids is 2. The number of benzene rings is 2. The number of aromatic nitrogens is 3. The number of para-hydroxylation sites is 2. The van der Waals surface area contributed by atoms with Gasteiger partial charge in [-0.3, -0.25) is 9.78 Å². The van der Waals surface area contributed by atoms with Gasteiger partial charge in [-0.2, -0.15) is 4.98 Å². The number of hydrogen-bond donors (Lipinski definition) is 1. The summed E-state index contributed by atoms with van der Waals surface area (Å²) in [5.74, 6) is -1.31. The van der Waals surface area contributed by atoms with Crippen LogP contribution in [0.5, 0.6) is 5.75 Å². The van der Waals surface area contributed by atoms with Gasteiger partial charge in [0.25, 0.3) is 11.8 Å². The Bertz CT molecular complexity index is 1260. The smallest absolute Gasteiger partial charge is 0.342 e. The molecule has 0 atom stereocenters. The van der Waals surface area contributed by atoms with E-state index >= 15 is 0 Å². The van der Waals surface area contributed by atoms with Crippen molar-refractivity contribution in [1.82, 2.24) is 15.1 Å². The molecule has 9 nitrogen and oxygen atoms in total. The molecule has 0 aliphatic heterocycles. The lowest BCUT2D eigenvalue weighted by Gasteiger charge is -2.11. The number of esters is 1. The minimum absolute atomic E-state index is 0.0315. The summed E-state index contributed by atoms with van der Waals surface area (Å²) in [6.45, 7) is -0.690. The minimum atomic E-state index is -0.707. The van der Waals surface area contributed by atoms with Crippen LogP contribution in [-0.4, -0.2) is 33.6 Å². The van der Waals surface area contributed by atoms with Crippen LogP contribution in [-0.2, 0) is 16.1 Å². The maximum absolute atomic E-state index is 13.7. The molecule has 0 unspecified atom stereocenters. The predicted molar refractivity (Wildman–Crippen MR) is 114 cm³/mol. The number of ether oxygens (including phenoxy) is 2. The Hall–Kier alpha value is -4.60. The number of nitrogens with zero attached hydrogens (tertiary/aromatic N) is 3. The summed E-state index contributed by atoms with van der Waals surface area (Å²) in [6, 6.07) is 15.5. The van der Waals surface area contributed by atoms with Gasteiger partial charge in [0.2, 0.25) is 5.82 Å². The van der Waals surface area contributed by atoms with E-state index in [1.165, 1.54) is 30.3 Å². The minimum Gasteiger partial charge on any atom is -0.483 e. The fraction of sp³-hybridized carbons (Fsp3) is 0.0870. The lowest BCUT2D eigenvalue weighted by atomic mass is 10.2. The summed E-state index contributed by atoms with van der Waals surface area (Å²) in [7, 11) is 0. The first-order valence-corrected chi connectivity index (χ1v) is 9.76. The van der Waals surface area contributed by atoms with Crippen LogP contribution in [0.2, 0.25) is 0 Å². The zero-order valence-corrected chi connectivity index (χ0v) is 17.1. The second-order valence-corrected chi connectivity index (χ2v) is 6.64. The van der Waals surface area contributed by atoms with E-state index in [9.17, 15) is 14.0 Å². The number of halogens is 1. The van der Waals surface area contributed by atoms with Gasteiger partial charge in [-0.15, -0.1) is 0 Å². The number of anilines is 1. The van der Waals surface area contributed by atoms with Crippen molar-refractivity contribution in [2.45, 2.75) is 6.61 Å². The molecule has 2 aromatic heterocycles. The third-order valence-electron chi connectivity index (χ3n) is 4.33. The zero-order chi connectivity index (χ0) is 23.0. The van der Waals surface area contributed by atoms with E-state index in [1.807, 2.05) is 0 Å². The van der Waals surface area contributed by atoms with Crippen molar-refractivity contribution < 1.29 is 28.0 Å². The standard InChI is InChI=1S/C23H17FN4O5/c24-17-8-2-3-9-18(17)26-20(29)13-31-19-10-4-1-7-16(19)23(30)32-14-21-27-22(28-33-21)15-6-5-11-25-12-15/h1-12H,13-14H2,(H,26,29). The van der Waals surface area contributed by atoms with Gasteiger partial charge in [-0.1, -0.05) is 29.4 Å². The average Bonchev–Trinajstić information content (AvgIpc) is 3.33. The van der Waals surface area contributed by atoms with Crippen LogP contribution in [0.3, 0.4) is 0 Å². The fourth-order valence-corrected chi connectivity index (χ4v) is 2.78. The summed E-state index contributed by atoms with van der Waals surface area (Å²) >= 11 is 0. The van der Waals surface area contributed by atoms with E-state index in [4.69, 9.17) is 14.0 Å². The molecular weight excluding hydrogens is 431 g/mol. The molecule has 33 heavy (non-hydrogen) atoms. The summed E-state index contributed by atoms with van der Waals surface area (Å²) < 4.78 is 29.5. The lowest BCUT2D eigenvalue weighted by Crippen LogP contribution is -2.21. The SMILES string of the molecule is O=C(COc1ccccc1C(=O)OCc1nc(-c2cccnc2)no1)Nc1ccccc1F. The number of rotatable bonds is 8. The number of nitrogens with one attached hydrogen (secondary N) is 1. The van der Waals surface area contributed by atoms with Gasteiger partial charge in [0.1, 0.15) is 17.1 Å². The highest BCUT2D eigenvalue weighted by Gasteiger charge is 2.17. The molecule has 0 aliphatic carbocycles. The maximum atomic E-state index is 13.7. The molecule has 4 aromatic rings. The van der Waals surface area contributed by atoms with E-state index in [0.717, 1.165) is 0 Å². The molecule has 166 valence electrons. The first kappa shape index (κ1) is 21.6. The van der Waals surface area contributed by atoms with Crippen LogP contribution in [0.1, 0.15) is 16.2 Å². The molecule has 0 radical (unpaired) electrons. The Balaban J connectivity index is 1.35.